The molecular weight excluding hydrogens is 245 g/mol. The summed E-state index contributed by atoms with van der Waals surface area (Å²) in [5, 5.41) is 4.23. The first kappa shape index (κ1) is 13.3. The Balaban J connectivity index is -0.000000845. The first-order valence-electron chi connectivity index (χ1n) is 3.55. The average molecular weight is 254 g/mol. The van der Waals surface area contributed by atoms with E-state index in [4.69, 9.17) is 19.0 Å². The molecule has 0 aromatic rings. The van der Waals surface area contributed by atoms with Gasteiger partial charge in [-0.1, -0.05) is 0 Å². The summed E-state index contributed by atoms with van der Waals surface area (Å²) in [7, 11) is -12.4. The van der Waals surface area contributed by atoms with Crippen molar-refractivity contribution in [3.8, 4) is 0 Å². The molecule has 0 rings (SSSR count). The molecule has 68 valence electrons. The summed E-state index contributed by atoms with van der Waals surface area (Å²) in [6.45, 7) is -4.02. The predicted molar refractivity (Wildman–Crippen MR) is 30.3 cm³/mol. The van der Waals surface area contributed by atoms with E-state index in [0.717, 1.165) is 0 Å². The molecule has 0 radical (unpaired) electrons. The van der Waals surface area contributed by atoms with Gasteiger partial charge in [0.05, 0.1) is 0 Å². The van der Waals surface area contributed by atoms with Crippen molar-refractivity contribution in [1.82, 2.24) is 0 Å². The summed E-state index contributed by atoms with van der Waals surface area (Å²) in [5.41, 5.74) is 0. The number of hydrogen-bond acceptors (Lipinski definition) is 5. The molecule has 0 spiro atoms. The first-order valence-corrected chi connectivity index (χ1v) is 5.21. The second-order valence-corrected chi connectivity index (χ2v) is 5.41. The molecule has 13 heavy (non-hydrogen) atoms. The summed E-state index contributed by atoms with van der Waals surface area (Å²) in [6, 6.07) is 0. The normalized spacial score (nSPS) is 28.2. The van der Waals surface area contributed by atoms with Crippen molar-refractivity contribution in [3.05, 3.63) is 0 Å². The van der Waals surface area contributed by atoms with Crippen LogP contribution in [0.5, 0.6) is 0 Å². The second-order valence-electron chi connectivity index (χ2n) is 1.68. The largest absolute Gasteiger partial charge is 1.00 e. The number of aliphatic hydroxyl groups is 1. The summed E-state index contributed by atoms with van der Waals surface area (Å²) < 4.78 is 40.0. The van der Waals surface area contributed by atoms with Crippen molar-refractivity contribution in [2.24, 2.45) is 0 Å². The topological polar surface area (TPSA) is 141 Å². The van der Waals surface area contributed by atoms with Crippen LogP contribution in [0.3, 0.4) is 0 Å². The van der Waals surface area contributed by atoms with E-state index in [0.29, 0.717) is 0 Å². The SMILES string of the molecule is [2H]C([2H])([2H])[13C](O)(P(=O)([O-])O)P(=O)([O-])O.[Na+].[Na+]. The molecule has 7 nitrogen and oxygen atoms in total. The van der Waals surface area contributed by atoms with E-state index >= 15 is 0 Å². The minimum atomic E-state index is -6.21. The van der Waals surface area contributed by atoms with E-state index in [1.54, 1.807) is 0 Å². The fraction of sp³-hybridized carbons (Fsp3) is 1.00. The van der Waals surface area contributed by atoms with Crippen LogP contribution in [-0.4, -0.2) is 20.0 Å². The van der Waals surface area contributed by atoms with Gasteiger partial charge in [0.25, 0.3) is 0 Å². The molecule has 3 N–H and O–H groups in total. The Kier molecular flexibility index (Phi) is 6.26. The Morgan fingerprint density at radius 1 is 1.23 bits per heavy atom. The van der Waals surface area contributed by atoms with Crippen LogP contribution in [0.25, 0.3) is 0 Å². The Morgan fingerprint density at radius 2 is 1.46 bits per heavy atom. The van der Waals surface area contributed by atoms with E-state index in [9.17, 15) is 18.9 Å². The zero-order valence-corrected chi connectivity index (χ0v) is 12.7. The predicted octanol–water partition coefficient (Wildman–Crippen LogP) is -8.25. The van der Waals surface area contributed by atoms with Gasteiger partial charge in [0.2, 0.25) is 0 Å². The molecule has 2 unspecified atom stereocenters. The third-order valence-electron chi connectivity index (χ3n) is 0.788. The molecule has 0 aromatic heterocycles. The van der Waals surface area contributed by atoms with Gasteiger partial charge in [-0.25, -0.2) is 0 Å². The molecular formula is C2H6Na2O7P2. The van der Waals surface area contributed by atoms with Crippen LogP contribution in [0, 0.1) is 0 Å². The summed E-state index contributed by atoms with van der Waals surface area (Å²) in [6.07, 6.45) is 0. The summed E-state index contributed by atoms with van der Waals surface area (Å²) in [5.74, 6) is 0. The second kappa shape index (κ2) is 6.11. The Hall–Kier alpha value is 2.26. The van der Waals surface area contributed by atoms with Gasteiger partial charge in [-0.05, 0) is 6.85 Å². The van der Waals surface area contributed by atoms with Gasteiger partial charge in [-0.15, -0.1) is 0 Å². The Labute approximate surface area is 123 Å². The molecule has 0 saturated heterocycles. The zero-order valence-electron chi connectivity index (χ0n) is 9.87. The number of hydrogen-bond donors (Lipinski definition) is 3. The minimum absolute atomic E-state index is 0. The molecule has 11 heteroatoms. The molecule has 0 fully saturated rings. The maximum Gasteiger partial charge on any atom is 1.00 e. The molecule has 0 amide bonds. The average Bonchev–Trinajstić information content (AvgIpc) is 1.77. The van der Waals surface area contributed by atoms with Gasteiger partial charge in [-0.3, -0.25) is 0 Å². The van der Waals surface area contributed by atoms with Gasteiger partial charge in [0, 0.05) is 4.11 Å². The van der Waals surface area contributed by atoms with Crippen LogP contribution in [0.15, 0.2) is 0 Å². The molecule has 2 atom stereocenters. The van der Waals surface area contributed by atoms with Gasteiger partial charge in [0.15, 0.2) is 20.3 Å². The molecule has 0 saturated carbocycles. The van der Waals surface area contributed by atoms with Crippen LogP contribution >= 0.6 is 15.2 Å². The summed E-state index contributed by atoms with van der Waals surface area (Å²) in [4.78, 5) is 37.3. The molecule has 0 bridgehead atoms. The Bertz CT molecular complexity index is 296. The van der Waals surface area contributed by atoms with Crippen LogP contribution in [0.4, 0.5) is 0 Å². The maximum atomic E-state index is 10.4. The van der Waals surface area contributed by atoms with Crippen molar-refractivity contribution in [1.29, 1.82) is 0 Å². The zero-order chi connectivity index (χ0) is 12.0. The van der Waals surface area contributed by atoms with Gasteiger partial charge >= 0.3 is 59.1 Å². The fourth-order valence-corrected chi connectivity index (χ4v) is 1.44. The molecule has 0 aromatic carbocycles. The molecule has 0 aliphatic carbocycles. The third kappa shape index (κ3) is 5.22. The fourth-order valence-electron chi connectivity index (χ4n) is 0.160. The van der Waals surface area contributed by atoms with Gasteiger partial charge in [0.1, 0.15) is 0 Å². The first-order chi connectivity index (χ1) is 5.75. The van der Waals surface area contributed by atoms with Gasteiger partial charge < -0.3 is 33.8 Å². The van der Waals surface area contributed by atoms with Gasteiger partial charge in [-0.2, -0.15) is 0 Å². The van der Waals surface area contributed by atoms with E-state index in [2.05, 4.69) is 0 Å². The van der Waals surface area contributed by atoms with Crippen molar-refractivity contribution >= 4 is 15.2 Å². The van der Waals surface area contributed by atoms with Crippen molar-refractivity contribution < 1.29 is 97.0 Å². The molecule has 0 heterocycles. The van der Waals surface area contributed by atoms with Crippen molar-refractivity contribution in [3.63, 3.8) is 0 Å². The standard InChI is InChI=1S/C2H8O7P2.2Na/c1-2(3,10(4,5)6)11(7,8)9;;/h3H,1H3,(H2,4,5,6)(H2,7,8,9);;/q;2*+1/p-2/i1D3,2+1;;. The third-order valence-corrected chi connectivity index (χ3v) is 3.88. The monoisotopic (exact) mass is 254 g/mol. The Morgan fingerprint density at radius 3 is 1.46 bits per heavy atom. The quantitative estimate of drug-likeness (QED) is 0.252. The maximum absolute atomic E-state index is 10.4. The van der Waals surface area contributed by atoms with Crippen LogP contribution in [0.2, 0.25) is 0 Å². The van der Waals surface area contributed by atoms with E-state index in [1.165, 1.54) is 0 Å². The van der Waals surface area contributed by atoms with E-state index < -0.39 is 27.1 Å². The number of rotatable bonds is 2. The van der Waals surface area contributed by atoms with Crippen LogP contribution in [-0.2, 0) is 9.13 Å². The smallest absolute Gasteiger partial charge is 0.776 e. The molecule has 0 aliphatic rings. The van der Waals surface area contributed by atoms with E-state index in [-0.39, 0.29) is 59.1 Å². The van der Waals surface area contributed by atoms with Crippen molar-refractivity contribution in [2.75, 3.05) is 0 Å². The van der Waals surface area contributed by atoms with Crippen LogP contribution in [0.1, 0.15) is 11.0 Å². The summed E-state index contributed by atoms with van der Waals surface area (Å²) >= 11 is 0. The van der Waals surface area contributed by atoms with Crippen LogP contribution < -0.4 is 68.9 Å². The minimum Gasteiger partial charge on any atom is -0.776 e. The van der Waals surface area contributed by atoms with Crippen molar-refractivity contribution in [2.45, 2.75) is 11.9 Å². The molecule has 0 aliphatic heterocycles. The van der Waals surface area contributed by atoms with E-state index in [1.807, 2.05) is 0 Å².